The van der Waals surface area contributed by atoms with Crippen molar-refractivity contribution in [3.63, 3.8) is 0 Å². The van der Waals surface area contributed by atoms with Crippen molar-refractivity contribution in [3.8, 4) is 0 Å². The van der Waals surface area contributed by atoms with Crippen LogP contribution in [0.4, 0.5) is 4.79 Å². The zero-order valence-corrected chi connectivity index (χ0v) is 12.7. The third-order valence-electron chi connectivity index (χ3n) is 2.73. The van der Waals surface area contributed by atoms with Gasteiger partial charge < -0.3 is 14.0 Å². The maximum atomic E-state index is 12.1. The number of rotatable bonds is 1. The van der Waals surface area contributed by atoms with E-state index in [1.54, 1.807) is 6.07 Å². The van der Waals surface area contributed by atoms with Crippen LogP contribution in [0.1, 0.15) is 34.6 Å². The van der Waals surface area contributed by atoms with Crippen LogP contribution in [0.15, 0.2) is 12.3 Å². The van der Waals surface area contributed by atoms with Gasteiger partial charge in [-0.2, -0.15) is 9.78 Å². The molecule has 110 valence electrons. The minimum absolute atomic E-state index is 0.0206. The Hall–Kier alpha value is -1.34. The van der Waals surface area contributed by atoms with Crippen LogP contribution in [0.3, 0.4) is 0 Å². The highest BCUT2D eigenvalue weighted by Gasteiger charge is 2.37. The average molecular weight is 280 g/mol. The van der Waals surface area contributed by atoms with Crippen LogP contribution in [0.5, 0.6) is 0 Å². The summed E-state index contributed by atoms with van der Waals surface area (Å²) in [5, 5.41) is 3.99. The molecule has 0 spiro atoms. The Kier molecular flexibility index (Phi) is 3.93. The standard InChI is InChI=1S/C13H21BN2O4/c1-12(2,3)20-11(17)16-10(6-7-15-16)14-18-8-13(4,5)9-19-14/h6-7H,8-9H2,1-5H3. The molecule has 0 atom stereocenters. The summed E-state index contributed by atoms with van der Waals surface area (Å²) in [6, 6.07) is 1.70. The summed E-state index contributed by atoms with van der Waals surface area (Å²) < 4.78 is 17.8. The molecule has 0 bridgehead atoms. The topological polar surface area (TPSA) is 62.6 Å². The fraction of sp³-hybridized carbons (Fsp3) is 0.692. The number of carbonyl (C=O) groups is 1. The summed E-state index contributed by atoms with van der Waals surface area (Å²) in [5.74, 6) is 0. The summed E-state index contributed by atoms with van der Waals surface area (Å²) in [6.07, 6.45) is 1.00. The number of hydrogen-bond acceptors (Lipinski definition) is 5. The summed E-state index contributed by atoms with van der Waals surface area (Å²) in [7, 11) is -0.585. The molecule has 2 heterocycles. The molecule has 0 saturated carbocycles. The van der Waals surface area contributed by atoms with E-state index in [9.17, 15) is 4.79 Å². The molecule has 1 fully saturated rings. The molecule has 0 aromatic carbocycles. The second kappa shape index (κ2) is 5.22. The van der Waals surface area contributed by atoms with E-state index in [4.69, 9.17) is 14.0 Å². The van der Waals surface area contributed by atoms with Gasteiger partial charge in [0.15, 0.2) is 0 Å². The van der Waals surface area contributed by atoms with E-state index < -0.39 is 18.8 Å². The van der Waals surface area contributed by atoms with Crippen LogP contribution in [-0.4, -0.2) is 41.8 Å². The molecule has 1 aromatic rings. The highest BCUT2D eigenvalue weighted by atomic mass is 16.6. The maximum Gasteiger partial charge on any atom is 0.513 e. The van der Waals surface area contributed by atoms with E-state index >= 15 is 0 Å². The normalized spacial score (nSPS) is 18.9. The van der Waals surface area contributed by atoms with E-state index in [0.717, 1.165) is 0 Å². The summed E-state index contributed by atoms with van der Waals surface area (Å²) in [6.45, 7) is 10.7. The molecule has 1 aromatic heterocycles. The van der Waals surface area contributed by atoms with Gasteiger partial charge in [0.2, 0.25) is 0 Å². The van der Waals surface area contributed by atoms with Crippen LogP contribution in [0.25, 0.3) is 0 Å². The van der Waals surface area contributed by atoms with Crippen molar-refractivity contribution < 1.29 is 18.8 Å². The first-order valence-electron chi connectivity index (χ1n) is 6.68. The second-order valence-electron chi connectivity index (χ2n) is 6.77. The first-order chi connectivity index (χ1) is 9.18. The monoisotopic (exact) mass is 280 g/mol. The summed E-state index contributed by atoms with van der Waals surface area (Å²) >= 11 is 0. The Morgan fingerprint density at radius 2 is 2.00 bits per heavy atom. The second-order valence-corrected chi connectivity index (χ2v) is 6.77. The molecule has 7 heteroatoms. The predicted octanol–water partition coefficient (Wildman–Crippen LogP) is 1.43. The lowest BCUT2D eigenvalue weighted by atomic mass is 9.80. The molecule has 0 radical (unpaired) electrons. The predicted molar refractivity (Wildman–Crippen MR) is 74.9 cm³/mol. The third kappa shape index (κ3) is 3.61. The largest absolute Gasteiger partial charge is 0.513 e. The van der Waals surface area contributed by atoms with Crippen molar-refractivity contribution >= 4 is 18.8 Å². The number of hydrogen-bond donors (Lipinski definition) is 0. The Bertz CT molecular complexity index is 483. The van der Waals surface area contributed by atoms with Crippen molar-refractivity contribution in [1.82, 2.24) is 9.78 Å². The summed E-state index contributed by atoms with van der Waals surface area (Å²) in [5.41, 5.74) is -0.0427. The van der Waals surface area contributed by atoms with Gasteiger partial charge in [0.05, 0.1) is 5.59 Å². The fourth-order valence-corrected chi connectivity index (χ4v) is 1.81. The average Bonchev–Trinajstić information content (AvgIpc) is 2.75. The van der Waals surface area contributed by atoms with Crippen molar-refractivity contribution in [3.05, 3.63) is 12.3 Å². The number of ether oxygens (including phenoxy) is 1. The van der Waals surface area contributed by atoms with Gasteiger partial charge in [-0.15, -0.1) is 0 Å². The number of nitrogens with zero attached hydrogens (tertiary/aromatic N) is 2. The van der Waals surface area contributed by atoms with Gasteiger partial charge in [0.1, 0.15) is 5.60 Å². The first kappa shape index (κ1) is 15.1. The maximum absolute atomic E-state index is 12.1. The Morgan fingerprint density at radius 3 is 2.55 bits per heavy atom. The Labute approximate surface area is 119 Å². The fourth-order valence-electron chi connectivity index (χ4n) is 1.81. The van der Waals surface area contributed by atoms with Crippen molar-refractivity contribution in [1.29, 1.82) is 0 Å². The van der Waals surface area contributed by atoms with Gasteiger partial charge in [-0.1, -0.05) is 13.8 Å². The van der Waals surface area contributed by atoms with Crippen molar-refractivity contribution in [2.75, 3.05) is 13.2 Å². The molecular formula is C13H21BN2O4. The van der Waals surface area contributed by atoms with Crippen LogP contribution < -0.4 is 5.59 Å². The van der Waals surface area contributed by atoms with E-state index in [2.05, 4.69) is 18.9 Å². The Morgan fingerprint density at radius 1 is 1.40 bits per heavy atom. The van der Waals surface area contributed by atoms with Gasteiger partial charge in [-0.25, -0.2) is 4.79 Å². The molecule has 1 aliphatic heterocycles. The van der Waals surface area contributed by atoms with Gasteiger partial charge in [-0.05, 0) is 26.8 Å². The van der Waals surface area contributed by atoms with Gasteiger partial charge in [0.25, 0.3) is 0 Å². The van der Waals surface area contributed by atoms with Crippen LogP contribution >= 0.6 is 0 Å². The SMILES string of the molecule is CC1(C)COB(c2ccnn2C(=O)OC(C)(C)C)OC1. The molecular weight excluding hydrogens is 259 g/mol. The van der Waals surface area contributed by atoms with Crippen LogP contribution in [-0.2, 0) is 14.0 Å². The van der Waals surface area contributed by atoms with Gasteiger partial charge in [-0.3, -0.25) is 0 Å². The Balaban J connectivity index is 2.11. The minimum atomic E-state index is -0.585. The van der Waals surface area contributed by atoms with Crippen molar-refractivity contribution in [2.24, 2.45) is 5.41 Å². The third-order valence-corrected chi connectivity index (χ3v) is 2.73. The van der Waals surface area contributed by atoms with E-state index in [1.807, 2.05) is 20.8 Å². The van der Waals surface area contributed by atoms with Crippen molar-refractivity contribution in [2.45, 2.75) is 40.2 Å². The summed E-state index contributed by atoms with van der Waals surface area (Å²) in [4.78, 5) is 12.1. The zero-order chi connectivity index (χ0) is 15.0. The lowest BCUT2D eigenvalue weighted by Crippen LogP contribution is -2.51. The molecule has 0 unspecified atom stereocenters. The number of carbonyl (C=O) groups excluding carboxylic acids is 1. The van der Waals surface area contributed by atoms with Gasteiger partial charge >= 0.3 is 13.2 Å². The quantitative estimate of drug-likeness (QED) is 0.728. The first-order valence-corrected chi connectivity index (χ1v) is 6.68. The van der Waals surface area contributed by atoms with Crippen LogP contribution in [0, 0.1) is 5.41 Å². The smallest absolute Gasteiger partial charge is 0.442 e. The molecule has 6 nitrogen and oxygen atoms in total. The molecule has 2 rings (SSSR count). The zero-order valence-electron chi connectivity index (χ0n) is 12.7. The van der Waals surface area contributed by atoms with Gasteiger partial charge in [0, 0.05) is 24.8 Å². The minimum Gasteiger partial charge on any atom is -0.442 e. The van der Waals surface area contributed by atoms with Crippen LogP contribution in [0.2, 0.25) is 0 Å². The molecule has 0 amide bonds. The highest BCUT2D eigenvalue weighted by Crippen LogP contribution is 2.21. The molecule has 0 N–H and O–H groups in total. The lowest BCUT2D eigenvalue weighted by molar-refractivity contribution is 0.0323. The molecule has 0 aliphatic carbocycles. The highest BCUT2D eigenvalue weighted by molar-refractivity contribution is 6.61. The molecule has 20 heavy (non-hydrogen) atoms. The molecule has 1 saturated heterocycles. The molecule has 1 aliphatic rings. The van der Waals surface area contributed by atoms with E-state index in [0.29, 0.717) is 18.8 Å². The lowest BCUT2D eigenvalue weighted by Gasteiger charge is -2.33. The van der Waals surface area contributed by atoms with E-state index in [1.165, 1.54) is 10.9 Å². The van der Waals surface area contributed by atoms with E-state index in [-0.39, 0.29) is 5.41 Å². The number of aromatic nitrogens is 2.